The summed E-state index contributed by atoms with van der Waals surface area (Å²) in [7, 11) is 0. The molecule has 0 bridgehead atoms. The molecular weight excluding hydrogens is 1380 g/mol. The third kappa shape index (κ3) is 14.5. The predicted octanol–water partition coefficient (Wildman–Crippen LogP) is 20.0. The van der Waals surface area contributed by atoms with Gasteiger partial charge < -0.3 is 35.5 Å². The molecule has 18 aromatic rings. The van der Waals surface area contributed by atoms with Crippen LogP contribution >= 0.6 is 0 Å². The van der Waals surface area contributed by atoms with E-state index in [1.54, 1.807) is 54.9 Å². The van der Waals surface area contributed by atoms with Crippen LogP contribution in [-0.2, 0) is 58.4 Å². The molecule has 0 spiro atoms. The van der Waals surface area contributed by atoms with E-state index in [1.807, 2.05) is 233 Å². The Hall–Kier alpha value is -11.2. The van der Waals surface area contributed by atoms with Gasteiger partial charge in [-0.25, -0.2) is 15.0 Å². The van der Waals surface area contributed by atoms with Crippen LogP contribution in [0.4, 0.5) is 5.82 Å². The molecule has 16 heteroatoms. The van der Waals surface area contributed by atoms with E-state index in [0.717, 1.165) is 114 Å². The standard InChI is InChI=1S/C14H8N2O.3C14H11NO.2C13H9NO.3Zn/c1-15-13-7-6-11-10-5-3-2-4-9(10)8-12(17)14(11)16-13;3*1-9-6-7-12-11-5-3-2-4-10(11)8-13(16)14(12)15-9;2*15-12-8-9-4-1-2-5-10(9)11-6-3-7-14-13(11)12;;;/h2-8,17H;3*2-8,16H,1H3;2*1-8,15H;;;. The topological polar surface area (TPSA) is 203 Å². The third-order valence-corrected chi connectivity index (χ3v) is 16.4. The molecule has 0 atom stereocenters. The number of nitrogens with zero attached hydrogens (tertiary/aromatic N) is 7. The first kappa shape index (κ1) is 69.6. The molecule has 98 heavy (non-hydrogen) atoms. The van der Waals surface area contributed by atoms with E-state index >= 15 is 0 Å². The van der Waals surface area contributed by atoms with Gasteiger partial charge in [0.1, 0.15) is 56.3 Å². The Balaban J connectivity index is 0.000000127. The zero-order valence-electron chi connectivity index (χ0n) is 53.8. The van der Waals surface area contributed by atoms with Gasteiger partial charge in [0.2, 0.25) is 5.52 Å². The molecule has 6 N–H and O–H groups in total. The third-order valence-electron chi connectivity index (χ3n) is 16.4. The summed E-state index contributed by atoms with van der Waals surface area (Å²) < 4.78 is 0. The average Bonchev–Trinajstić information content (AvgIpc) is 0.805. The van der Waals surface area contributed by atoms with Crippen molar-refractivity contribution in [2.75, 3.05) is 0 Å². The second kappa shape index (κ2) is 30.7. The van der Waals surface area contributed by atoms with Crippen molar-refractivity contribution in [2.24, 2.45) is 0 Å². The number of hydrogen-bond donors (Lipinski definition) is 6. The molecule has 0 aliphatic carbocycles. The van der Waals surface area contributed by atoms with Crippen LogP contribution in [0.2, 0.25) is 0 Å². The number of phenols is 6. The molecule has 18 rings (SSSR count). The first-order chi connectivity index (χ1) is 46.3. The van der Waals surface area contributed by atoms with Crippen molar-refractivity contribution in [3.05, 3.63) is 296 Å². The van der Waals surface area contributed by atoms with Crippen LogP contribution in [0.15, 0.2) is 267 Å². The quantitative estimate of drug-likeness (QED) is 0.0477. The van der Waals surface area contributed by atoms with Crippen molar-refractivity contribution in [2.45, 2.75) is 20.8 Å². The Morgan fingerprint density at radius 2 is 0.459 bits per heavy atom. The number of aryl methyl sites for hydroxylation is 3. The number of rotatable bonds is 0. The molecule has 12 aromatic carbocycles. The van der Waals surface area contributed by atoms with E-state index in [0.29, 0.717) is 38.9 Å². The van der Waals surface area contributed by atoms with Gasteiger partial charge >= 0.3 is 0 Å². The molecule has 13 nitrogen and oxygen atoms in total. The summed E-state index contributed by atoms with van der Waals surface area (Å²) in [5.74, 6) is 1.63. The number of aromatic hydroxyl groups is 6. The van der Waals surface area contributed by atoms with Gasteiger partial charge in [-0.1, -0.05) is 189 Å². The molecule has 0 fully saturated rings. The predicted molar refractivity (Wildman–Crippen MR) is 386 cm³/mol. The molecule has 464 valence electrons. The number of hydrogen-bond acceptors (Lipinski definition) is 12. The summed E-state index contributed by atoms with van der Waals surface area (Å²) in [4.78, 5) is 28.9. The van der Waals surface area contributed by atoms with Gasteiger partial charge in [0.15, 0.2) is 5.75 Å². The van der Waals surface area contributed by atoms with Crippen molar-refractivity contribution in [1.29, 1.82) is 0 Å². The second-order valence-electron chi connectivity index (χ2n) is 22.7. The number of pyridine rings is 6. The summed E-state index contributed by atoms with van der Waals surface area (Å²) in [5, 5.41) is 78.0. The van der Waals surface area contributed by atoms with Gasteiger partial charge in [0.05, 0.1) is 0 Å². The Bertz CT molecular complexity index is 5650. The molecule has 0 amide bonds. The maximum absolute atomic E-state index is 9.93. The van der Waals surface area contributed by atoms with Crippen molar-refractivity contribution < 1.29 is 89.1 Å². The maximum atomic E-state index is 9.93. The summed E-state index contributed by atoms with van der Waals surface area (Å²) in [5.41, 5.74) is 6.59. The molecule has 6 aromatic heterocycles. The largest absolute Gasteiger partial charge is 0.506 e. The number of benzene rings is 12. The second-order valence-corrected chi connectivity index (χ2v) is 22.7. The summed E-state index contributed by atoms with van der Waals surface area (Å²) >= 11 is 0. The number of phenolic OH excluding ortho intramolecular Hbond substituents is 6. The maximum Gasteiger partial charge on any atom is 0.270 e. The van der Waals surface area contributed by atoms with Crippen molar-refractivity contribution in [3.8, 4) is 34.5 Å². The smallest absolute Gasteiger partial charge is 0.270 e. The summed E-state index contributed by atoms with van der Waals surface area (Å²) in [6.07, 6.45) is 3.38. The monoisotopic (exact) mass is 1430 g/mol. The van der Waals surface area contributed by atoms with Crippen molar-refractivity contribution in [1.82, 2.24) is 29.9 Å². The van der Waals surface area contributed by atoms with Crippen LogP contribution in [-0.4, -0.2) is 60.5 Å². The number of fused-ring (bicyclic) bond motifs is 18. The van der Waals surface area contributed by atoms with E-state index in [1.165, 1.54) is 0 Å². The Morgan fingerprint density at radius 1 is 0.245 bits per heavy atom. The fraction of sp³-hybridized carbons (Fsp3) is 0.0366. The summed E-state index contributed by atoms with van der Waals surface area (Å²) in [6, 6.07) is 81.4. The van der Waals surface area contributed by atoms with Gasteiger partial charge in [0.25, 0.3) is 5.82 Å². The minimum absolute atomic E-state index is 0. The fourth-order valence-corrected chi connectivity index (χ4v) is 12.0. The number of aromatic nitrogens is 6. The van der Waals surface area contributed by atoms with Crippen LogP contribution in [0, 0.1) is 27.3 Å². The van der Waals surface area contributed by atoms with Gasteiger partial charge in [-0.3, -0.25) is 9.97 Å². The van der Waals surface area contributed by atoms with Crippen LogP contribution in [0.5, 0.6) is 34.5 Å². The van der Waals surface area contributed by atoms with Crippen LogP contribution in [0.25, 0.3) is 135 Å². The van der Waals surface area contributed by atoms with E-state index in [4.69, 9.17) is 6.57 Å². The molecule has 0 aliphatic rings. The average molecular weight is 1430 g/mol. The minimum Gasteiger partial charge on any atom is -0.506 e. The Kier molecular flexibility index (Phi) is 21.8. The van der Waals surface area contributed by atoms with E-state index in [9.17, 15) is 30.6 Å². The fourth-order valence-electron chi connectivity index (χ4n) is 12.0. The minimum atomic E-state index is 0. The molecular formula is C82H59N7O6Zn3. The van der Waals surface area contributed by atoms with E-state index in [-0.39, 0.29) is 92.9 Å². The molecule has 0 saturated heterocycles. The van der Waals surface area contributed by atoms with Crippen LogP contribution in [0.1, 0.15) is 17.1 Å². The SMILES string of the molecule is Cc1ccc2c(n1)c(O)cc1ccccc12.Cc1ccc2c(n1)c(O)cc1ccccc12.Cc1ccc2c(n1)c(O)cc1ccccc12.Oc1cc2ccccc2c2cccnc12.Oc1cc2ccccc2c2cccnc12.[C-]#[N+]c1ccc2c(n1)c(O)cc1ccccc12.[Zn].[Zn].[Zn]. The van der Waals surface area contributed by atoms with Crippen LogP contribution in [0.3, 0.4) is 0 Å². The van der Waals surface area contributed by atoms with E-state index < -0.39 is 0 Å². The summed E-state index contributed by atoms with van der Waals surface area (Å²) in [6.45, 7) is 12.7. The Morgan fingerprint density at radius 3 is 0.724 bits per heavy atom. The van der Waals surface area contributed by atoms with Gasteiger partial charge in [0, 0.05) is 120 Å². The zero-order chi connectivity index (χ0) is 65.7. The van der Waals surface area contributed by atoms with Crippen molar-refractivity contribution in [3.63, 3.8) is 0 Å². The van der Waals surface area contributed by atoms with Gasteiger partial charge in [-0.2, -0.15) is 0 Å². The van der Waals surface area contributed by atoms with Crippen LogP contribution < -0.4 is 0 Å². The first-order valence-corrected chi connectivity index (χ1v) is 30.5. The zero-order valence-corrected chi connectivity index (χ0v) is 62.7. The first-order valence-electron chi connectivity index (χ1n) is 30.5. The van der Waals surface area contributed by atoms with Gasteiger partial charge in [-0.05, 0) is 158 Å². The molecule has 0 saturated carbocycles. The van der Waals surface area contributed by atoms with Gasteiger partial charge in [-0.15, -0.1) is 4.98 Å². The van der Waals surface area contributed by atoms with E-state index in [2.05, 4.69) is 34.7 Å². The molecule has 0 unspecified atom stereocenters. The molecule has 0 radical (unpaired) electrons. The Labute approximate surface area is 601 Å². The van der Waals surface area contributed by atoms with Crippen molar-refractivity contribution >= 4 is 136 Å². The molecule has 6 heterocycles. The normalized spacial score (nSPS) is 10.6. The molecule has 0 aliphatic heterocycles.